The first-order valence-electron chi connectivity index (χ1n) is 5.43. The van der Waals surface area contributed by atoms with Crippen LogP contribution in [0.4, 0.5) is 0 Å². The average molecular weight is 234 g/mol. The SMILES string of the molecule is COC(=O)[C@H]1C[C@@H]1C(=O)c1ccc(OC)cc1. The third kappa shape index (κ3) is 2.30. The van der Waals surface area contributed by atoms with Gasteiger partial charge in [0.25, 0.3) is 0 Å². The molecule has 0 aliphatic heterocycles. The van der Waals surface area contributed by atoms with Gasteiger partial charge in [0.15, 0.2) is 5.78 Å². The molecular formula is C13H14O4. The van der Waals surface area contributed by atoms with Crippen molar-refractivity contribution in [2.24, 2.45) is 11.8 Å². The Morgan fingerprint density at radius 1 is 1.12 bits per heavy atom. The molecule has 0 radical (unpaired) electrons. The summed E-state index contributed by atoms with van der Waals surface area (Å²) in [5.41, 5.74) is 0.613. The Kier molecular flexibility index (Phi) is 3.13. The minimum atomic E-state index is -0.295. The summed E-state index contributed by atoms with van der Waals surface area (Å²) in [5, 5.41) is 0. The number of methoxy groups -OCH3 is 2. The molecule has 1 aliphatic rings. The lowest BCUT2D eigenvalue weighted by molar-refractivity contribution is -0.142. The molecule has 4 nitrogen and oxygen atoms in total. The first-order valence-corrected chi connectivity index (χ1v) is 5.43. The first-order chi connectivity index (χ1) is 8.17. The van der Waals surface area contributed by atoms with E-state index in [0.29, 0.717) is 17.7 Å². The maximum atomic E-state index is 12.0. The fourth-order valence-corrected chi connectivity index (χ4v) is 1.87. The number of esters is 1. The summed E-state index contributed by atoms with van der Waals surface area (Å²) in [7, 11) is 2.92. The van der Waals surface area contributed by atoms with Gasteiger partial charge in [0.1, 0.15) is 5.75 Å². The van der Waals surface area contributed by atoms with Crippen LogP contribution in [0.25, 0.3) is 0 Å². The summed E-state index contributed by atoms with van der Waals surface area (Å²) in [4.78, 5) is 23.2. The van der Waals surface area contributed by atoms with Crippen LogP contribution in [0.15, 0.2) is 24.3 Å². The number of hydrogen-bond acceptors (Lipinski definition) is 4. The maximum absolute atomic E-state index is 12.0. The predicted molar refractivity (Wildman–Crippen MR) is 60.9 cm³/mol. The van der Waals surface area contributed by atoms with E-state index in [2.05, 4.69) is 4.74 Å². The highest BCUT2D eigenvalue weighted by Gasteiger charge is 2.48. The maximum Gasteiger partial charge on any atom is 0.309 e. The third-order valence-corrected chi connectivity index (χ3v) is 3.01. The van der Waals surface area contributed by atoms with Gasteiger partial charge < -0.3 is 9.47 Å². The van der Waals surface area contributed by atoms with Gasteiger partial charge in [0.2, 0.25) is 0 Å². The second kappa shape index (κ2) is 4.57. The predicted octanol–water partition coefficient (Wildman–Crippen LogP) is 1.69. The van der Waals surface area contributed by atoms with Crippen molar-refractivity contribution in [3.8, 4) is 5.75 Å². The second-order valence-corrected chi connectivity index (χ2v) is 4.06. The van der Waals surface area contributed by atoms with Gasteiger partial charge >= 0.3 is 5.97 Å². The van der Waals surface area contributed by atoms with Gasteiger partial charge in [-0.3, -0.25) is 9.59 Å². The molecule has 2 atom stereocenters. The van der Waals surface area contributed by atoms with Crippen LogP contribution in [0.1, 0.15) is 16.8 Å². The van der Waals surface area contributed by atoms with E-state index >= 15 is 0 Å². The zero-order valence-corrected chi connectivity index (χ0v) is 9.80. The molecule has 1 aliphatic carbocycles. The zero-order valence-electron chi connectivity index (χ0n) is 9.80. The summed E-state index contributed by atoms with van der Waals surface area (Å²) < 4.78 is 9.63. The molecule has 1 fully saturated rings. The van der Waals surface area contributed by atoms with Crippen LogP contribution in [0.5, 0.6) is 5.75 Å². The van der Waals surface area contributed by atoms with Crippen LogP contribution in [0.3, 0.4) is 0 Å². The van der Waals surface area contributed by atoms with E-state index < -0.39 is 0 Å². The number of benzene rings is 1. The molecule has 0 N–H and O–H groups in total. The molecule has 0 unspecified atom stereocenters. The molecule has 1 aromatic carbocycles. The Morgan fingerprint density at radius 3 is 2.29 bits per heavy atom. The summed E-state index contributed by atoms with van der Waals surface area (Å²) in [6.07, 6.45) is 0.595. The number of carbonyl (C=O) groups is 2. The fraction of sp³-hybridized carbons (Fsp3) is 0.385. The average Bonchev–Trinajstić information content (AvgIpc) is 3.17. The lowest BCUT2D eigenvalue weighted by Crippen LogP contribution is -2.10. The van der Waals surface area contributed by atoms with Gasteiger partial charge in [-0.25, -0.2) is 0 Å². The van der Waals surface area contributed by atoms with Crippen molar-refractivity contribution >= 4 is 11.8 Å². The van der Waals surface area contributed by atoms with Crippen LogP contribution < -0.4 is 4.74 Å². The normalized spacial score (nSPS) is 21.8. The van der Waals surface area contributed by atoms with Crippen molar-refractivity contribution in [2.75, 3.05) is 14.2 Å². The largest absolute Gasteiger partial charge is 0.497 e. The number of ether oxygens (including phenoxy) is 2. The van der Waals surface area contributed by atoms with Crippen molar-refractivity contribution in [1.29, 1.82) is 0 Å². The molecule has 2 rings (SSSR count). The first kappa shape index (κ1) is 11.6. The molecule has 1 saturated carbocycles. The standard InChI is InChI=1S/C13H14O4/c1-16-9-5-3-8(4-6-9)12(14)10-7-11(10)13(15)17-2/h3-6,10-11H,7H2,1-2H3/t10-,11-/m0/s1. The van der Waals surface area contributed by atoms with Crippen molar-refractivity contribution in [2.45, 2.75) is 6.42 Å². The molecule has 0 spiro atoms. The number of Topliss-reactive ketones (excluding diaryl/α,β-unsaturated/α-hetero) is 1. The van der Waals surface area contributed by atoms with Crippen LogP contribution >= 0.6 is 0 Å². The van der Waals surface area contributed by atoms with Crippen LogP contribution in [-0.2, 0) is 9.53 Å². The second-order valence-electron chi connectivity index (χ2n) is 4.06. The summed E-state index contributed by atoms with van der Waals surface area (Å²) in [6.45, 7) is 0. The molecule has 0 saturated heterocycles. The van der Waals surface area contributed by atoms with Crippen LogP contribution in [0.2, 0.25) is 0 Å². The van der Waals surface area contributed by atoms with Crippen molar-refractivity contribution in [3.63, 3.8) is 0 Å². The highest BCUT2D eigenvalue weighted by atomic mass is 16.5. The fourth-order valence-electron chi connectivity index (χ4n) is 1.87. The van der Waals surface area contributed by atoms with Crippen molar-refractivity contribution < 1.29 is 19.1 Å². The van der Waals surface area contributed by atoms with Crippen molar-refractivity contribution in [1.82, 2.24) is 0 Å². The molecule has 0 amide bonds. The minimum Gasteiger partial charge on any atom is -0.497 e. The Morgan fingerprint density at radius 2 is 1.76 bits per heavy atom. The summed E-state index contributed by atoms with van der Waals surface area (Å²) >= 11 is 0. The molecular weight excluding hydrogens is 220 g/mol. The quantitative estimate of drug-likeness (QED) is 0.587. The number of hydrogen-bond donors (Lipinski definition) is 0. The molecule has 0 heterocycles. The molecule has 0 bridgehead atoms. The van der Waals surface area contributed by atoms with Gasteiger partial charge in [-0.2, -0.15) is 0 Å². The van der Waals surface area contributed by atoms with Crippen LogP contribution in [0, 0.1) is 11.8 Å². The van der Waals surface area contributed by atoms with Crippen LogP contribution in [-0.4, -0.2) is 26.0 Å². The lowest BCUT2D eigenvalue weighted by Gasteiger charge is -2.02. The molecule has 90 valence electrons. The number of ketones is 1. The zero-order chi connectivity index (χ0) is 12.4. The summed E-state index contributed by atoms with van der Waals surface area (Å²) in [6, 6.07) is 6.91. The third-order valence-electron chi connectivity index (χ3n) is 3.01. The van der Waals surface area contributed by atoms with Gasteiger partial charge in [-0.05, 0) is 30.7 Å². The van der Waals surface area contributed by atoms with E-state index in [1.165, 1.54) is 7.11 Å². The van der Waals surface area contributed by atoms with Gasteiger partial charge in [-0.1, -0.05) is 0 Å². The number of carbonyl (C=O) groups excluding carboxylic acids is 2. The topological polar surface area (TPSA) is 52.6 Å². The minimum absolute atomic E-state index is 0.00283. The van der Waals surface area contributed by atoms with Gasteiger partial charge in [0.05, 0.1) is 20.1 Å². The Hall–Kier alpha value is -1.84. The van der Waals surface area contributed by atoms with E-state index in [0.717, 1.165) is 0 Å². The highest BCUT2D eigenvalue weighted by molar-refractivity contribution is 6.02. The van der Waals surface area contributed by atoms with Gasteiger partial charge in [-0.15, -0.1) is 0 Å². The van der Waals surface area contributed by atoms with E-state index in [4.69, 9.17) is 4.74 Å². The van der Waals surface area contributed by atoms with E-state index in [-0.39, 0.29) is 23.6 Å². The smallest absolute Gasteiger partial charge is 0.309 e. The monoisotopic (exact) mass is 234 g/mol. The van der Waals surface area contributed by atoms with E-state index in [1.54, 1.807) is 31.4 Å². The van der Waals surface area contributed by atoms with Crippen molar-refractivity contribution in [3.05, 3.63) is 29.8 Å². The molecule has 17 heavy (non-hydrogen) atoms. The molecule has 4 heteroatoms. The Balaban J connectivity index is 2.04. The molecule has 0 aromatic heterocycles. The Labute approximate surface area is 99.5 Å². The van der Waals surface area contributed by atoms with E-state index in [1.807, 2.05) is 0 Å². The van der Waals surface area contributed by atoms with Gasteiger partial charge in [0, 0.05) is 11.5 Å². The molecule has 1 aromatic rings. The lowest BCUT2D eigenvalue weighted by atomic mass is 10.1. The Bertz CT molecular complexity index is 435. The summed E-state index contributed by atoms with van der Waals surface area (Å²) in [5.74, 6) is -0.0489. The van der Waals surface area contributed by atoms with E-state index in [9.17, 15) is 9.59 Å². The number of rotatable bonds is 4. The highest BCUT2D eigenvalue weighted by Crippen LogP contribution is 2.41.